The van der Waals surface area contributed by atoms with Crippen LogP contribution < -0.4 is 0 Å². The molecule has 0 fully saturated rings. The number of hydrogen-bond donors (Lipinski definition) is 0. The highest BCUT2D eigenvalue weighted by atomic mass is 127. The Balaban J connectivity index is 2.31. The van der Waals surface area contributed by atoms with E-state index < -0.39 is 0 Å². The van der Waals surface area contributed by atoms with Gasteiger partial charge in [0.25, 0.3) is 0 Å². The maximum atomic E-state index is 5.50. The number of ether oxygens (including phenoxy) is 1. The van der Waals surface area contributed by atoms with Gasteiger partial charge in [-0.25, -0.2) is 0 Å². The second-order valence-electron chi connectivity index (χ2n) is 2.84. The highest BCUT2D eigenvalue weighted by Crippen LogP contribution is 2.12. The minimum absolute atomic E-state index is 0.685. The second kappa shape index (κ2) is 6.82. The van der Waals surface area contributed by atoms with Crippen LogP contribution in [0, 0.1) is 3.57 Å². The van der Waals surface area contributed by atoms with Crippen LogP contribution in [0.3, 0.4) is 0 Å². The Morgan fingerprint density at radius 3 is 2.93 bits per heavy atom. The molecule has 0 aliphatic rings. The van der Waals surface area contributed by atoms with Gasteiger partial charge in [-0.05, 0) is 46.7 Å². The Bertz CT molecular complexity index is 327. The average Bonchev–Trinajstić information content (AvgIpc) is 2.20. The molecule has 0 aliphatic heterocycles. The van der Waals surface area contributed by atoms with Gasteiger partial charge >= 0.3 is 0 Å². The van der Waals surface area contributed by atoms with Crippen molar-refractivity contribution in [1.29, 1.82) is 0 Å². The van der Waals surface area contributed by atoms with Crippen LogP contribution in [0.1, 0.15) is 12.0 Å². The summed E-state index contributed by atoms with van der Waals surface area (Å²) in [5, 5.41) is 0. The van der Waals surface area contributed by atoms with E-state index in [1.54, 1.807) is 0 Å². The van der Waals surface area contributed by atoms with Crippen molar-refractivity contribution in [2.75, 3.05) is 6.61 Å². The minimum Gasteiger partial charge on any atom is -0.376 e. The first-order valence-corrected chi connectivity index (χ1v) is 5.58. The van der Waals surface area contributed by atoms with E-state index >= 15 is 0 Å². The lowest BCUT2D eigenvalue weighted by atomic mass is 10.2. The largest absolute Gasteiger partial charge is 0.376 e. The molecule has 0 saturated heterocycles. The zero-order chi connectivity index (χ0) is 10.2. The van der Waals surface area contributed by atoms with Crippen molar-refractivity contribution in [3.05, 3.63) is 51.8 Å². The number of rotatable bonds is 5. The number of hydrogen-bond acceptors (Lipinski definition) is 1. The Labute approximate surface area is 98.6 Å². The fourth-order valence-corrected chi connectivity index (χ4v) is 1.58. The highest BCUT2D eigenvalue weighted by Gasteiger charge is 1.96. The maximum Gasteiger partial charge on any atom is 0.0727 e. The van der Waals surface area contributed by atoms with E-state index in [2.05, 4.69) is 47.0 Å². The second-order valence-corrected chi connectivity index (χ2v) is 4.00. The fourth-order valence-electron chi connectivity index (χ4n) is 1.04. The Kier molecular flexibility index (Phi) is 5.60. The van der Waals surface area contributed by atoms with Crippen molar-refractivity contribution >= 4 is 22.6 Å². The average molecular weight is 300 g/mol. The minimum atomic E-state index is 0.685. The van der Waals surface area contributed by atoms with Crippen molar-refractivity contribution in [1.82, 2.24) is 0 Å². The maximum absolute atomic E-state index is 5.50. The van der Waals surface area contributed by atoms with Crippen LogP contribution in [0.5, 0.6) is 0 Å². The molecule has 0 N–H and O–H groups in total. The van der Waals surface area contributed by atoms with Gasteiger partial charge in [0.1, 0.15) is 0 Å². The molecular formula is C12H13IO. The molecule has 0 aliphatic carbocycles. The topological polar surface area (TPSA) is 9.23 Å². The Hall–Kier alpha value is -0.570. The molecule has 0 saturated carbocycles. The van der Waals surface area contributed by atoms with Gasteiger partial charge in [0.2, 0.25) is 0 Å². The van der Waals surface area contributed by atoms with Gasteiger partial charge in [-0.3, -0.25) is 0 Å². The molecule has 2 heteroatoms. The Morgan fingerprint density at radius 2 is 2.21 bits per heavy atom. The van der Waals surface area contributed by atoms with Gasteiger partial charge in [0.15, 0.2) is 0 Å². The zero-order valence-electron chi connectivity index (χ0n) is 8.00. The predicted octanol–water partition coefficient (Wildman–Crippen LogP) is 3.54. The molecule has 1 nitrogen and oxygen atoms in total. The predicted molar refractivity (Wildman–Crippen MR) is 67.1 cm³/mol. The van der Waals surface area contributed by atoms with E-state index in [1.807, 2.05) is 18.2 Å². The third-order valence-corrected chi connectivity index (χ3v) is 2.82. The molecule has 0 amide bonds. The molecule has 1 aromatic carbocycles. The summed E-state index contributed by atoms with van der Waals surface area (Å²) in [4.78, 5) is 0. The van der Waals surface area contributed by atoms with E-state index in [9.17, 15) is 0 Å². The molecular weight excluding hydrogens is 287 g/mol. The third-order valence-electron chi connectivity index (χ3n) is 1.77. The third kappa shape index (κ3) is 4.09. The molecule has 74 valence electrons. The first-order valence-electron chi connectivity index (χ1n) is 4.50. The number of benzene rings is 1. The smallest absolute Gasteiger partial charge is 0.0727 e. The first kappa shape index (κ1) is 11.5. The molecule has 0 atom stereocenters. The summed E-state index contributed by atoms with van der Waals surface area (Å²) in [7, 11) is 0. The van der Waals surface area contributed by atoms with Crippen LogP contribution in [0.2, 0.25) is 0 Å². The molecule has 1 aromatic rings. The van der Waals surface area contributed by atoms with Crippen LogP contribution in [-0.4, -0.2) is 6.61 Å². The van der Waals surface area contributed by atoms with Crippen molar-refractivity contribution in [2.24, 2.45) is 0 Å². The molecule has 0 radical (unpaired) electrons. The van der Waals surface area contributed by atoms with Crippen molar-refractivity contribution in [3.8, 4) is 0 Å². The Morgan fingerprint density at radius 1 is 1.43 bits per heavy atom. The lowest BCUT2D eigenvalue weighted by Gasteiger charge is -2.04. The van der Waals surface area contributed by atoms with E-state index in [-0.39, 0.29) is 0 Å². The number of halogens is 1. The van der Waals surface area contributed by atoms with Crippen LogP contribution in [-0.2, 0) is 11.3 Å². The van der Waals surface area contributed by atoms with Crippen LogP contribution in [0.15, 0.2) is 42.7 Å². The van der Waals surface area contributed by atoms with Crippen LogP contribution in [0.25, 0.3) is 0 Å². The summed E-state index contributed by atoms with van der Waals surface area (Å²) >= 11 is 2.32. The first-order chi connectivity index (χ1) is 6.84. The lowest BCUT2D eigenvalue weighted by Crippen LogP contribution is -1.96. The van der Waals surface area contributed by atoms with E-state index in [0.29, 0.717) is 6.61 Å². The van der Waals surface area contributed by atoms with E-state index in [1.165, 1.54) is 9.13 Å². The van der Waals surface area contributed by atoms with Crippen molar-refractivity contribution < 1.29 is 4.74 Å². The molecule has 0 bridgehead atoms. The van der Waals surface area contributed by atoms with Gasteiger partial charge in [0, 0.05) is 3.57 Å². The summed E-state index contributed by atoms with van der Waals surface area (Å²) in [5.74, 6) is 0. The van der Waals surface area contributed by atoms with Gasteiger partial charge in [-0.1, -0.05) is 24.8 Å². The summed E-state index contributed by atoms with van der Waals surface area (Å²) in [6, 6.07) is 8.24. The van der Waals surface area contributed by atoms with Crippen LogP contribution in [0.4, 0.5) is 0 Å². The molecule has 14 heavy (non-hydrogen) atoms. The molecule has 0 aromatic heterocycles. The summed E-state index contributed by atoms with van der Waals surface area (Å²) in [5.41, 5.74) is 3.97. The van der Waals surface area contributed by atoms with Crippen molar-refractivity contribution in [3.63, 3.8) is 0 Å². The van der Waals surface area contributed by atoms with E-state index in [4.69, 9.17) is 4.74 Å². The SMILES string of the molecule is C=C=CCCOCc1ccccc1I. The van der Waals surface area contributed by atoms with Gasteiger partial charge in [-0.15, -0.1) is 5.73 Å². The van der Waals surface area contributed by atoms with Crippen LogP contribution >= 0.6 is 22.6 Å². The quantitative estimate of drug-likeness (QED) is 0.459. The van der Waals surface area contributed by atoms with Gasteiger partial charge in [0.05, 0.1) is 13.2 Å². The fraction of sp³-hybridized carbons (Fsp3) is 0.250. The molecule has 0 spiro atoms. The summed E-state index contributed by atoms with van der Waals surface area (Å²) in [6.07, 6.45) is 2.77. The van der Waals surface area contributed by atoms with Gasteiger partial charge < -0.3 is 4.74 Å². The normalized spacial score (nSPS) is 9.50. The highest BCUT2D eigenvalue weighted by molar-refractivity contribution is 14.1. The molecule has 0 heterocycles. The lowest BCUT2D eigenvalue weighted by molar-refractivity contribution is 0.125. The summed E-state index contributed by atoms with van der Waals surface area (Å²) < 4.78 is 6.75. The van der Waals surface area contributed by atoms with Crippen molar-refractivity contribution in [2.45, 2.75) is 13.0 Å². The summed E-state index contributed by atoms with van der Waals surface area (Å²) in [6.45, 7) is 4.91. The standard InChI is InChI=1S/C12H13IO/c1-2-3-6-9-14-10-11-7-4-5-8-12(11)13/h3-5,7-8H,1,6,9-10H2. The van der Waals surface area contributed by atoms with E-state index in [0.717, 1.165) is 13.0 Å². The zero-order valence-corrected chi connectivity index (χ0v) is 10.2. The monoisotopic (exact) mass is 300 g/mol. The molecule has 1 rings (SSSR count). The van der Waals surface area contributed by atoms with Gasteiger partial charge in [-0.2, -0.15) is 0 Å². The molecule has 0 unspecified atom stereocenters.